The van der Waals surface area contributed by atoms with E-state index < -0.39 is 0 Å². The van der Waals surface area contributed by atoms with Crippen LogP contribution in [0.4, 0.5) is 5.82 Å². The van der Waals surface area contributed by atoms with E-state index in [-0.39, 0.29) is 5.43 Å². The molecule has 5 heteroatoms. The maximum atomic E-state index is 12.9. The second-order valence-corrected chi connectivity index (χ2v) is 7.38. The Morgan fingerprint density at radius 2 is 1.75 bits per heavy atom. The van der Waals surface area contributed by atoms with Crippen LogP contribution in [0, 0.1) is 6.92 Å². The zero-order valence-electron chi connectivity index (χ0n) is 19.5. The van der Waals surface area contributed by atoms with Crippen molar-refractivity contribution in [2.45, 2.75) is 20.8 Å². The molecular formula is C27H34N4O. The number of nitrogens with zero attached hydrogens (tertiary/aromatic N) is 4. The summed E-state index contributed by atoms with van der Waals surface area (Å²) in [5, 5.41) is 0.617. The average Bonchev–Trinajstić information content (AvgIpc) is 2.78. The van der Waals surface area contributed by atoms with Crippen molar-refractivity contribution in [3.05, 3.63) is 103 Å². The normalized spacial score (nSPS) is 14.5. The van der Waals surface area contributed by atoms with E-state index in [1.807, 2.05) is 51.1 Å². The third-order valence-corrected chi connectivity index (χ3v) is 4.97. The van der Waals surface area contributed by atoms with E-state index in [9.17, 15) is 4.79 Å². The van der Waals surface area contributed by atoms with Crippen molar-refractivity contribution in [3.8, 4) is 0 Å². The predicted octanol–water partition coefficient (Wildman–Crippen LogP) is 5.32. The lowest BCUT2D eigenvalue weighted by Crippen LogP contribution is -2.45. The van der Waals surface area contributed by atoms with Crippen LogP contribution in [0.5, 0.6) is 0 Å². The number of fused-ring (bicyclic) bond motifs is 1. The fraction of sp³-hybridized carbons (Fsp3) is 0.259. The topological polar surface area (TPSA) is 41.4 Å². The highest BCUT2D eigenvalue weighted by Gasteiger charge is 2.21. The summed E-state index contributed by atoms with van der Waals surface area (Å²) in [6, 6.07) is 3.71. The minimum Gasteiger partial charge on any atom is -0.374 e. The van der Waals surface area contributed by atoms with Crippen LogP contribution in [0.15, 0.2) is 91.6 Å². The molecule has 0 amide bonds. The molecule has 0 radical (unpaired) electrons. The van der Waals surface area contributed by atoms with Crippen molar-refractivity contribution in [1.29, 1.82) is 0 Å². The van der Waals surface area contributed by atoms with Crippen LogP contribution in [0.25, 0.3) is 16.6 Å². The Labute approximate surface area is 191 Å². The van der Waals surface area contributed by atoms with E-state index in [0.717, 1.165) is 48.9 Å². The summed E-state index contributed by atoms with van der Waals surface area (Å²) in [7, 11) is 0. The van der Waals surface area contributed by atoms with Crippen LogP contribution < -0.4 is 10.3 Å². The summed E-state index contributed by atoms with van der Waals surface area (Å²) >= 11 is 0. The number of aryl methyl sites for hydroxylation is 1. The van der Waals surface area contributed by atoms with E-state index in [1.54, 1.807) is 30.5 Å². The van der Waals surface area contributed by atoms with Crippen LogP contribution in [0.1, 0.15) is 19.5 Å². The highest BCUT2D eigenvalue weighted by atomic mass is 16.1. The summed E-state index contributed by atoms with van der Waals surface area (Å²) in [5.41, 5.74) is 2.69. The fourth-order valence-electron chi connectivity index (χ4n) is 3.59. The van der Waals surface area contributed by atoms with Gasteiger partial charge in [0, 0.05) is 49.8 Å². The number of rotatable bonds is 6. The van der Waals surface area contributed by atoms with Gasteiger partial charge in [-0.15, -0.1) is 6.58 Å². The molecule has 0 atom stereocenters. The van der Waals surface area contributed by atoms with E-state index >= 15 is 0 Å². The number of hydrogen-bond donors (Lipinski definition) is 0. The smallest absolute Gasteiger partial charge is 0.193 e. The SMILES string of the molecule is C=C/C=C/N1CCN(c2cc(=O)c3cnc(C)cc3n2C(/C=C\C)=C/C=C)CC1.C=CC. The Bertz CT molecular complexity index is 1100. The van der Waals surface area contributed by atoms with Crippen LogP contribution in [-0.4, -0.2) is 40.6 Å². The summed E-state index contributed by atoms with van der Waals surface area (Å²) in [5.74, 6) is 0.895. The minimum atomic E-state index is -0.00818. The zero-order valence-corrected chi connectivity index (χ0v) is 19.5. The molecule has 168 valence electrons. The second kappa shape index (κ2) is 12.3. The van der Waals surface area contributed by atoms with Crippen LogP contribution in [0.2, 0.25) is 0 Å². The number of anilines is 1. The third kappa shape index (κ3) is 5.97. The number of pyridine rings is 2. The van der Waals surface area contributed by atoms with Gasteiger partial charge in [0.1, 0.15) is 5.82 Å². The number of piperazine rings is 1. The molecule has 1 aliphatic rings. The first-order valence-corrected chi connectivity index (χ1v) is 10.8. The Balaban J connectivity index is 0.00000114. The molecule has 0 bridgehead atoms. The predicted molar refractivity (Wildman–Crippen MR) is 139 cm³/mol. The molecule has 3 heterocycles. The molecule has 2 aromatic rings. The Morgan fingerprint density at radius 3 is 2.34 bits per heavy atom. The molecule has 0 unspecified atom stereocenters. The zero-order chi connectivity index (χ0) is 23.5. The molecule has 3 rings (SSSR count). The quantitative estimate of drug-likeness (QED) is 0.459. The highest BCUT2D eigenvalue weighted by Crippen LogP contribution is 2.26. The van der Waals surface area contributed by atoms with Gasteiger partial charge in [-0.25, -0.2) is 0 Å². The second-order valence-electron chi connectivity index (χ2n) is 7.38. The standard InChI is InChI=1S/C24H28N4O.C3H6/c1-5-8-11-26-12-14-27(15-13-26)24-17-23(29)21-18-25-19(4)16-22(21)28(24)20(9-6-2)10-7-3;1-3-2/h5-11,16-18H,1-2,12-15H2,3-4H3;3H,1H2,2H3/b10-7-,11-8+,20-9+;. The molecule has 2 aromatic heterocycles. The molecule has 1 saturated heterocycles. The van der Waals surface area contributed by atoms with Crippen molar-refractivity contribution in [2.24, 2.45) is 0 Å². The van der Waals surface area contributed by atoms with Crippen molar-refractivity contribution in [3.63, 3.8) is 0 Å². The van der Waals surface area contributed by atoms with Gasteiger partial charge >= 0.3 is 0 Å². The van der Waals surface area contributed by atoms with Gasteiger partial charge < -0.3 is 9.80 Å². The molecule has 32 heavy (non-hydrogen) atoms. The molecule has 0 spiro atoms. The molecule has 1 aliphatic heterocycles. The van der Waals surface area contributed by atoms with Crippen LogP contribution in [-0.2, 0) is 0 Å². The van der Waals surface area contributed by atoms with Gasteiger partial charge in [-0.2, -0.15) is 0 Å². The maximum absolute atomic E-state index is 12.9. The Hall–Kier alpha value is -3.60. The van der Waals surface area contributed by atoms with Gasteiger partial charge in [-0.05, 0) is 51.3 Å². The third-order valence-electron chi connectivity index (χ3n) is 4.97. The summed E-state index contributed by atoms with van der Waals surface area (Å²) in [6.45, 7) is 20.2. The lowest BCUT2D eigenvalue weighted by atomic mass is 10.2. The van der Waals surface area contributed by atoms with Crippen molar-refractivity contribution in [2.75, 3.05) is 31.1 Å². The van der Waals surface area contributed by atoms with Crippen molar-refractivity contribution >= 4 is 22.4 Å². The molecular weight excluding hydrogens is 396 g/mol. The summed E-state index contributed by atoms with van der Waals surface area (Å²) in [4.78, 5) is 21.8. The molecule has 0 aliphatic carbocycles. The summed E-state index contributed by atoms with van der Waals surface area (Å²) in [6.07, 6.45) is 17.0. The minimum absolute atomic E-state index is 0.00818. The number of allylic oxidation sites excluding steroid dienone is 8. The first-order chi connectivity index (χ1) is 15.5. The van der Waals surface area contributed by atoms with E-state index in [2.05, 4.69) is 45.3 Å². The maximum Gasteiger partial charge on any atom is 0.193 e. The van der Waals surface area contributed by atoms with Gasteiger partial charge in [0.2, 0.25) is 0 Å². The van der Waals surface area contributed by atoms with Gasteiger partial charge in [0.05, 0.1) is 10.9 Å². The van der Waals surface area contributed by atoms with Gasteiger partial charge in [0.25, 0.3) is 0 Å². The van der Waals surface area contributed by atoms with Gasteiger partial charge in [-0.1, -0.05) is 37.5 Å². The molecule has 5 nitrogen and oxygen atoms in total. The molecule has 1 fully saturated rings. The highest BCUT2D eigenvalue weighted by molar-refractivity contribution is 5.86. The van der Waals surface area contributed by atoms with Crippen LogP contribution in [0.3, 0.4) is 0 Å². The van der Waals surface area contributed by atoms with Crippen LogP contribution >= 0.6 is 0 Å². The molecule has 0 aromatic carbocycles. The van der Waals surface area contributed by atoms with Gasteiger partial charge in [-0.3, -0.25) is 14.3 Å². The van der Waals surface area contributed by atoms with Crippen molar-refractivity contribution in [1.82, 2.24) is 14.5 Å². The number of aromatic nitrogens is 2. The summed E-state index contributed by atoms with van der Waals surface area (Å²) < 4.78 is 2.14. The number of hydrogen-bond acceptors (Lipinski definition) is 4. The van der Waals surface area contributed by atoms with E-state index in [1.165, 1.54) is 0 Å². The lowest BCUT2D eigenvalue weighted by Gasteiger charge is -2.37. The molecule has 0 saturated carbocycles. The van der Waals surface area contributed by atoms with Crippen molar-refractivity contribution < 1.29 is 0 Å². The van der Waals surface area contributed by atoms with E-state index in [0.29, 0.717) is 5.39 Å². The largest absolute Gasteiger partial charge is 0.374 e. The fourth-order valence-corrected chi connectivity index (χ4v) is 3.59. The monoisotopic (exact) mass is 430 g/mol. The lowest BCUT2D eigenvalue weighted by molar-refractivity contribution is 0.347. The average molecular weight is 431 g/mol. The first kappa shape index (κ1) is 24.7. The Kier molecular flexibility index (Phi) is 9.48. The Morgan fingerprint density at radius 1 is 1.06 bits per heavy atom. The first-order valence-electron chi connectivity index (χ1n) is 10.8. The van der Waals surface area contributed by atoms with E-state index in [4.69, 9.17) is 0 Å². The van der Waals surface area contributed by atoms with Gasteiger partial charge in [0.15, 0.2) is 5.43 Å². The molecule has 0 N–H and O–H groups in total.